The lowest BCUT2D eigenvalue weighted by Crippen LogP contribution is -2.07. The third-order valence-corrected chi connectivity index (χ3v) is 1.51. The summed E-state index contributed by atoms with van der Waals surface area (Å²) in [6, 6.07) is 2.85. The van der Waals surface area contributed by atoms with Crippen molar-refractivity contribution in [3.63, 3.8) is 0 Å². The molecule has 0 aliphatic carbocycles. The van der Waals surface area contributed by atoms with Gasteiger partial charge in [0, 0.05) is 11.4 Å². The minimum absolute atomic E-state index is 0.0207. The van der Waals surface area contributed by atoms with E-state index in [2.05, 4.69) is 5.32 Å². The van der Waals surface area contributed by atoms with Crippen molar-refractivity contribution >= 4 is 17.8 Å². The number of carbonyl (C=O) groups is 1. The van der Waals surface area contributed by atoms with Crippen molar-refractivity contribution < 1.29 is 18.0 Å². The second-order valence-corrected chi connectivity index (χ2v) is 2.60. The van der Waals surface area contributed by atoms with Gasteiger partial charge in [0.1, 0.15) is 0 Å². The molecule has 1 aromatic rings. The van der Waals surface area contributed by atoms with Crippen molar-refractivity contribution in [2.24, 2.45) is 0 Å². The van der Waals surface area contributed by atoms with Crippen LogP contribution in [-0.4, -0.2) is 6.41 Å². The number of nitrogen functional groups attached to an aromatic ring is 1. The molecule has 0 aliphatic heterocycles. The Kier molecular flexibility index (Phi) is 2.64. The molecular formula is C8H7F3N2O. The van der Waals surface area contributed by atoms with E-state index >= 15 is 0 Å². The number of hydrogen-bond donors (Lipinski definition) is 2. The average Bonchev–Trinajstić information content (AvgIpc) is 2.02. The molecule has 0 aromatic heterocycles. The number of carbonyl (C=O) groups excluding carboxylic acids is 1. The van der Waals surface area contributed by atoms with Crippen LogP contribution in [0.15, 0.2) is 18.2 Å². The van der Waals surface area contributed by atoms with E-state index in [0.717, 1.165) is 12.1 Å². The Balaban J connectivity index is 3.13. The first-order chi connectivity index (χ1) is 6.43. The summed E-state index contributed by atoms with van der Waals surface area (Å²) in [6.07, 6.45) is -4.18. The Bertz CT molecular complexity index is 349. The van der Waals surface area contributed by atoms with Crippen molar-refractivity contribution in [3.05, 3.63) is 23.8 Å². The van der Waals surface area contributed by atoms with Gasteiger partial charge in [0.2, 0.25) is 6.41 Å². The summed E-state index contributed by atoms with van der Waals surface area (Å²) >= 11 is 0. The van der Waals surface area contributed by atoms with Gasteiger partial charge in [-0.25, -0.2) is 0 Å². The van der Waals surface area contributed by atoms with Gasteiger partial charge in [0.15, 0.2) is 0 Å². The van der Waals surface area contributed by atoms with E-state index in [1.54, 1.807) is 0 Å². The molecule has 0 spiro atoms. The summed E-state index contributed by atoms with van der Waals surface area (Å²) in [4.78, 5) is 10.0. The molecule has 76 valence electrons. The summed E-state index contributed by atoms with van der Waals surface area (Å²) in [7, 11) is 0. The maximum Gasteiger partial charge on any atom is 0.416 e. The van der Waals surface area contributed by atoms with Crippen LogP contribution >= 0.6 is 0 Å². The summed E-state index contributed by atoms with van der Waals surface area (Å²) in [5.74, 6) is 0. The summed E-state index contributed by atoms with van der Waals surface area (Å²) < 4.78 is 36.6. The predicted octanol–water partition coefficient (Wildman–Crippen LogP) is 1.86. The van der Waals surface area contributed by atoms with Crippen LogP contribution in [0.5, 0.6) is 0 Å². The van der Waals surface area contributed by atoms with E-state index in [4.69, 9.17) is 5.73 Å². The Hall–Kier alpha value is -1.72. The van der Waals surface area contributed by atoms with Crippen LogP contribution in [0.25, 0.3) is 0 Å². The smallest absolute Gasteiger partial charge is 0.399 e. The molecule has 0 radical (unpaired) electrons. The van der Waals surface area contributed by atoms with Crippen molar-refractivity contribution in [3.8, 4) is 0 Å². The average molecular weight is 204 g/mol. The first-order valence-corrected chi connectivity index (χ1v) is 3.61. The molecule has 1 rings (SSSR count). The van der Waals surface area contributed by atoms with E-state index in [0.29, 0.717) is 0 Å². The predicted molar refractivity (Wildman–Crippen MR) is 45.5 cm³/mol. The molecule has 0 unspecified atom stereocenters. The first-order valence-electron chi connectivity index (χ1n) is 3.61. The molecule has 6 heteroatoms. The van der Waals surface area contributed by atoms with Gasteiger partial charge in [0.25, 0.3) is 0 Å². The van der Waals surface area contributed by atoms with Gasteiger partial charge in [-0.05, 0) is 18.2 Å². The summed E-state index contributed by atoms with van der Waals surface area (Å²) in [5, 5.41) is 2.10. The van der Waals surface area contributed by atoms with E-state index in [9.17, 15) is 18.0 Å². The second-order valence-electron chi connectivity index (χ2n) is 2.60. The maximum atomic E-state index is 12.2. The topological polar surface area (TPSA) is 55.1 Å². The number of hydrogen-bond acceptors (Lipinski definition) is 2. The number of nitrogens with one attached hydrogen (secondary N) is 1. The third kappa shape index (κ3) is 2.38. The maximum absolute atomic E-state index is 12.2. The fourth-order valence-electron chi connectivity index (χ4n) is 0.967. The molecule has 0 aliphatic rings. The first kappa shape index (κ1) is 10.4. The number of rotatable bonds is 2. The third-order valence-electron chi connectivity index (χ3n) is 1.51. The van der Waals surface area contributed by atoms with Crippen molar-refractivity contribution in [2.45, 2.75) is 6.18 Å². The fourth-order valence-corrected chi connectivity index (χ4v) is 0.967. The molecule has 14 heavy (non-hydrogen) atoms. The van der Waals surface area contributed by atoms with Crippen LogP contribution in [0.2, 0.25) is 0 Å². The van der Waals surface area contributed by atoms with Crippen LogP contribution in [0.3, 0.4) is 0 Å². The number of nitrogens with two attached hydrogens (primary N) is 1. The SMILES string of the molecule is Nc1cc(NC=O)cc(C(F)(F)F)c1. The highest BCUT2D eigenvalue weighted by atomic mass is 19.4. The molecule has 1 aromatic carbocycles. The zero-order chi connectivity index (χ0) is 10.8. The van der Waals surface area contributed by atoms with E-state index in [1.165, 1.54) is 6.07 Å². The molecule has 0 saturated carbocycles. The lowest BCUT2D eigenvalue weighted by Gasteiger charge is -2.09. The van der Waals surface area contributed by atoms with Crippen LogP contribution in [0.4, 0.5) is 24.5 Å². The molecule has 3 nitrogen and oxygen atoms in total. The quantitative estimate of drug-likeness (QED) is 0.570. The zero-order valence-electron chi connectivity index (χ0n) is 6.93. The largest absolute Gasteiger partial charge is 0.416 e. The number of alkyl halides is 3. The number of amides is 1. The standard InChI is InChI=1S/C8H7F3N2O/c9-8(10,11)5-1-6(12)3-7(2-5)13-4-14/h1-4H,12H2,(H,13,14). The monoisotopic (exact) mass is 204 g/mol. The number of benzene rings is 1. The molecule has 3 N–H and O–H groups in total. The number of anilines is 2. The Morgan fingerprint density at radius 1 is 1.29 bits per heavy atom. The van der Waals surface area contributed by atoms with Gasteiger partial charge in [-0.3, -0.25) is 4.79 Å². The van der Waals surface area contributed by atoms with Crippen LogP contribution in [0, 0.1) is 0 Å². The van der Waals surface area contributed by atoms with Crippen LogP contribution < -0.4 is 11.1 Å². The van der Waals surface area contributed by atoms with Gasteiger partial charge in [0.05, 0.1) is 5.56 Å². The van der Waals surface area contributed by atoms with Crippen LogP contribution in [-0.2, 0) is 11.0 Å². The molecule has 0 atom stereocenters. The van der Waals surface area contributed by atoms with Gasteiger partial charge in [-0.1, -0.05) is 0 Å². The highest BCUT2D eigenvalue weighted by molar-refractivity contribution is 5.73. The molecule has 0 saturated heterocycles. The van der Waals surface area contributed by atoms with E-state index in [1.807, 2.05) is 0 Å². The molecule has 0 heterocycles. The highest BCUT2D eigenvalue weighted by Crippen LogP contribution is 2.32. The lowest BCUT2D eigenvalue weighted by atomic mass is 10.1. The second kappa shape index (κ2) is 3.57. The molecule has 0 bridgehead atoms. The minimum atomic E-state index is -4.46. The lowest BCUT2D eigenvalue weighted by molar-refractivity contribution is -0.137. The Morgan fingerprint density at radius 3 is 2.43 bits per heavy atom. The molecular weight excluding hydrogens is 197 g/mol. The Morgan fingerprint density at radius 2 is 1.93 bits per heavy atom. The van der Waals surface area contributed by atoms with E-state index in [-0.39, 0.29) is 17.8 Å². The fraction of sp³-hybridized carbons (Fsp3) is 0.125. The summed E-state index contributed by atoms with van der Waals surface area (Å²) in [6.45, 7) is 0. The van der Waals surface area contributed by atoms with Crippen molar-refractivity contribution in [1.29, 1.82) is 0 Å². The summed E-state index contributed by atoms with van der Waals surface area (Å²) in [5.41, 5.74) is 4.31. The Labute approximate surface area is 77.7 Å². The van der Waals surface area contributed by atoms with Crippen molar-refractivity contribution in [2.75, 3.05) is 11.1 Å². The van der Waals surface area contributed by atoms with Crippen molar-refractivity contribution in [1.82, 2.24) is 0 Å². The van der Waals surface area contributed by atoms with Gasteiger partial charge < -0.3 is 11.1 Å². The normalized spacial score (nSPS) is 11.1. The number of halogens is 3. The minimum Gasteiger partial charge on any atom is -0.399 e. The molecule has 1 amide bonds. The molecule has 0 fully saturated rings. The van der Waals surface area contributed by atoms with Gasteiger partial charge in [-0.15, -0.1) is 0 Å². The van der Waals surface area contributed by atoms with Gasteiger partial charge >= 0.3 is 6.18 Å². The zero-order valence-corrected chi connectivity index (χ0v) is 6.93. The highest BCUT2D eigenvalue weighted by Gasteiger charge is 2.30. The van der Waals surface area contributed by atoms with Gasteiger partial charge in [-0.2, -0.15) is 13.2 Å². The van der Waals surface area contributed by atoms with Crippen LogP contribution in [0.1, 0.15) is 5.56 Å². The van der Waals surface area contributed by atoms with E-state index < -0.39 is 11.7 Å².